The minimum Gasteiger partial charge on any atom is -0.351 e. The second-order valence-electron chi connectivity index (χ2n) is 5.72. The van der Waals surface area contributed by atoms with Crippen molar-refractivity contribution in [2.75, 3.05) is 0 Å². The molecule has 1 fully saturated rings. The summed E-state index contributed by atoms with van der Waals surface area (Å²) in [5.41, 5.74) is 0.921. The van der Waals surface area contributed by atoms with E-state index in [0.29, 0.717) is 10.6 Å². The predicted molar refractivity (Wildman–Crippen MR) is 85.2 cm³/mol. The largest absolute Gasteiger partial charge is 0.351 e. The summed E-state index contributed by atoms with van der Waals surface area (Å²) in [6, 6.07) is 13.9. The predicted octanol–water partition coefficient (Wildman–Crippen LogP) is 4.22. The van der Waals surface area contributed by atoms with Gasteiger partial charge in [0.25, 0.3) is 0 Å². The highest BCUT2D eigenvalue weighted by atomic mass is 35.5. The Bertz CT molecular complexity index is 697. The average molecular weight is 318 g/mol. The van der Waals surface area contributed by atoms with Crippen molar-refractivity contribution < 1.29 is 9.18 Å². The van der Waals surface area contributed by atoms with E-state index in [1.165, 1.54) is 6.07 Å². The second-order valence-corrected chi connectivity index (χ2v) is 6.16. The first-order valence-corrected chi connectivity index (χ1v) is 7.77. The van der Waals surface area contributed by atoms with Crippen LogP contribution in [0.1, 0.15) is 30.4 Å². The number of carbonyl (C=O) groups is 1. The number of benzene rings is 2. The lowest BCUT2D eigenvalue weighted by Gasteiger charge is -2.40. The summed E-state index contributed by atoms with van der Waals surface area (Å²) in [6.45, 7) is 0.202. The number of halogens is 2. The van der Waals surface area contributed by atoms with E-state index in [-0.39, 0.29) is 18.3 Å². The van der Waals surface area contributed by atoms with Crippen molar-refractivity contribution in [3.8, 4) is 0 Å². The highest BCUT2D eigenvalue weighted by molar-refractivity contribution is 6.30. The van der Waals surface area contributed by atoms with Gasteiger partial charge < -0.3 is 5.32 Å². The molecule has 0 bridgehead atoms. The van der Waals surface area contributed by atoms with Crippen LogP contribution in [0.4, 0.5) is 4.39 Å². The van der Waals surface area contributed by atoms with Gasteiger partial charge in [-0.2, -0.15) is 0 Å². The van der Waals surface area contributed by atoms with Gasteiger partial charge >= 0.3 is 0 Å². The molecule has 0 heterocycles. The molecule has 0 radical (unpaired) electrons. The summed E-state index contributed by atoms with van der Waals surface area (Å²) in [7, 11) is 0. The van der Waals surface area contributed by atoms with Gasteiger partial charge in [0.2, 0.25) is 5.91 Å². The third-order valence-electron chi connectivity index (χ3n) is 4.42. The maximum atomic E-state index is 13.6. The first kappa shape index (κ1) is 15.0. The van der Waals surface area contributed by atoms with E-state index < -0.39 is 5.41 Å². The number of rotatable bonds is 4. The summed E-state index contributed by atoms with van der Waals surface area (Å²) in [5, 5.41) is 3.51. The lowest BCUT2D eigenvalue weighted by molar-refractivity contribution is -0.130. The summed E-state index contributed by atoms with van der Waals surface area (Å²) in [4.78, 5) is 12.7. The van der Waals surface area contributed by atoms with Crippen LogP contribution < -0.4 is 5.32 Å². The van der Waals surface area contributed by atoms with E-state index in [1.54, 1.807) is 24.3 Å². The summed E-state index contributed by atoms with van der Waals surface area (Å²) < 4.78 is 13.6. The van der Waals surface area contributed by atoms with Crippen LogP contribution >= 0.6 is 11.6 Å². The molecule has 1 amide bonds. The average Bonchev–Trinajstić information content (AvgIpc) is 2.45. The molecule has 22 heavy (non-hydrogen) atoms. The van der Waals surface area contributed by atoms with Crippen molar-refractivity contribution in [2.24, 2.45) is 0 Å². The lowest BCUT2D eigenvalue weighted by Crippen LogP contribution is -2.49. The number of hydrogen-bond donors (Lipinski definition) is 1. The Hall–Kier alpha value is -1.87. The van der Waals surface area contributed by atoms with Gasteiger partial charge in [-0.25, -0.2) is 4.39 Å². The van der Waals surface area contributed by atoms with Gasteiger partial charge in [0.15, 0.2) is 0 Å². The van der Waals surface area contributed by atoms with Crippen LogP contribution in [0.25, 0.3) is 0 Å². The monoisotopic (exact) mass is 317 g/mol. The van der Waals surface area contributed by atoms with Crippen LogP contribution in [-0.2, 0) is 16.8 Å². The standard InChI is InChI=1S/C18H17ClFNO/c19-15-7-3-6-14(11-15)18(9-4-10-18)17(22)21-12-13-5-1-2-8-16(13)20/h1-3,5-8,11H,4,9-10,12H2,(H,21,22). The molecule has 1 aliphatic rings. The summed E-state index contributed by atoms with van der Waals surface area (Å²) in [6.07, 6.45) is 2.62. The Balaban J connectivity index is 1.76. The van der Waals surface area contributed by atoms with Crippen LogP contribution in [0.5, 0.6) is 0 Å². The van der Waals surface area contributed by atoms with Crippen molar-refractivity contribution >= 4 is 17.5 Å². The molecule has 0 atom stereocenters. The molecule has 114 valence electrons. The Labute approximate surface area is 134 Å². The zero-order chi connectivity index (χ0) is 15.6. The van der Waals surface area contributed by atoms with Crippen molar-refractivity contribution in [2.45, 2.75) is 31.2 Å². The zero-order valence-corrected chi connectivity index (χ0v) is 12.9. The van der Waals surface area contributed by atoms with Crippen LogP contribution in [0, 0.1) is 5.82 Å². The second kappa shape index (κ2) is 6.09. The van der Waals surface area contributed by atoms with Crippen LogP contribution in [0.2, 0.25) is 5.02 Å². The van der Waals surface area contributed by atoms with Gasteiger partial charge in [-0.1, -0.05) is 48.4 Å². The van der Waals surface area contributed by atoms with Crippen molar-refractivity contribution in [1.82, 2.24) is 5.32 Å². The topological polar surface area (TPSA) is 29.1 Å². The normalized spacial score (nSPS) is 15.9. The molecule has 2 aromatic carbocycles. The van der Waals surface area contributed by atoms with Crippen molar-refractivity contribution in [1.29, 1.82) is 0 Å². The molecule has 1 saturated carbocycles. The van der Waals surface area contributed by atoms with Crippen LogP contribution in [0.15, 0.2) is 48.5 Å². The molecule has 0 saturated heterocycles. The molecular formula is C18H17ClFNO. The third-order valence-corrected chi connectivity index (χ3v) is 4.65. The lowest BCUT2D eigenvalue weighted by atomic mass is 9.64. The molecule has 0 unspecified atom stereocenters. The highest BCUT2D eigenvalue weighted by Gasteiger charge is 2.45. The smallest absolute Gasteiger partial charge is 0.230 e. The molecule has 0 spiro atoms. The maximum Gasteiger partial charge on any atom is 0.230 e. The number of nitrogens with one attached hydrogen (secondary N) is 1. The molecule has 4 heteroatoms. The first-order chi connectivity index (χ1) is 10.6. The fraction of sp³-hybridized carbons (Fsp3) is 0.278. The fourth-order valence-corrected chi connectivity index (χ4v) is 3.14. The van der Waals surface area contributed by atoms with Gasteiger partial charge in [-0.3, -0.25) is 4.79 Å². The summed E-state index contributed by atoms with van der Waals surface area (Å²) >= 11 is 6.05. The van der Waals surface area contributed by atoms with E-state index in [4.69, 9.17) is 11.6 Å². The molecule has 1 aliphatic carbocycles. The van der Waals surface area contributed by atoms with Gasteiger partial charge in [0.05, 0.1) is 5.41 Å². The first-order valence-electron chi connectivity index (χ1n) is 7.40. The minimum atomic E-state index is -0.518. The van der Waals surface area contributed by atoms with Gasteiger partial charge in [-0.15, -0.1) is 0 Å². The summed E-state index contributed by atoms with van der Waals surface area (Å²) in [5.74, 6) is -0.350. The Morgan fingerprint density at radius 2 is 1.95 bits per heavy atom. The zero-order valence-electron chi connectivity index (χ0n) is 12.1. The Kier molecular flexibility index (Phi) is 4.16. The molecule has 0 aromatic heterocycles. The molecule has 0 aliphatic heterocycles. The van der Waals surface area contributed by atoms with E-state index >= 15 is 0 Å². The van der Waals surface area contributed by atoms with Gasteiger partial charge in [0.1, 0.15) is 5.82 Å². The van der Waals surface area contributed by atoms with Crippen LogP contribution in [0.3, 0.4) is 0 Å². The SMILES string of the molecule is O=C(NCc1ccccc1F)C1(c2cccc(Cl)c2)CCC1. The fourth-order valence-electron chi connectivity index (χ4n) is 2.95. The highest BCUT2D eigenvalue weighted by Crippen LogP contribution is 2.44. The quantitative estimate of drug-likeness (QED) is 0.899. The molecular weight excluding hydrogens is 301 g/mol. The maximum absolute atomic E-state index is 13.6. The molecule has 2 nitrogen and oxygen atoms in total. The van der Waals surface area contributed by atoms with Crippen molar-refractivity contribution in [3.05, 3.63) is 70.5 Å². The number of hydrogen-bond acceptors (Lipinski definition) is 1. The van der Waals surface area contributed by atoms with Gasteiger partial charge in [0, 0.05) is 17.1 Å². The number of carbonyl (C=O) groups excluding carboxylic acids is 1. The minimum absolute atomic E-state index is 0.0516. The van der Waals surface area contributed by atoms with E-state index in [0.717, 1.165) is 24.8 Å². The van der Waals surface area contributed by atoms with E-state index in [1.807, 2.05) is 18.2 Å². The van der Waals surface area contributed by atoms with E-state index in [2.05, 4.69) is 5.32 Å². The van der Waals surface area contributed by atoms with Crippen LogP contribution in [-0.4, -0.2) is 5.91 Å². The molecule has 3 rings (SSSR count). The Morgan fingerprint density at radius 1 is 1.18 bits per heavy atom. The van der Waals surface area contributed by atoms with Gasteiger partial charge in [-0.05, 0) is 36.6 Å². The third kappa shape index (κ3) is 2.73. The van der Waals surface area contributed by atoms with Crippen molar-refractivity contribution in [3.63, 3.8) is 0 Å². The number of amides is 1. The molecule has 1 N–H and O–H groups in total. The Morgan fingerprint density at radius 3 is 2.59 bits per heavy atom. The molecule has 2 aromatic rings. The van der Waals surface area contributed by atoms with E-state index in [9.17, 15) is 9.18 Å².